The molecular weight excluding hydrogens is 318 g/mol. The molecule has 1 amide bonds. The SMILES string of the molecule is CC(=O)c1ccc(NC(=O)C(C)SCC=Cc2ccccc2)cc1. The number of Topliss-reactive ketones (excluding diaryl/α,β-unsaturated/α-hetero) is 1. The molecule has 124 valence electrons. The minimum atomic E-state index is -0.155. The van der Waals surface area contributed by atoms with Crippen LogP contribution < -0.4 is 5.32 Å². The number of benzene rings is 2. The minimum absolute atomic E-state index is 0.0157. The van der Waals surface area contributed by atoms with Gasteiger partial charge in [0.15, 0.2) is 5.78 Å². The van der Waals surface area contributed by atoms with Crippen LogP contribution in [0.15, 0.2) is 60.7 Å². The van der Waals surface area contributed by atoms with Crippen LogP contribution in [0.2, 0.25) is 0 Å². The summed E-state index contributed by atoms with van der Waals surface area (Å²) in [6, 6.07) is 17.0. The zero-order chi connectivity index (χ0) is 17.4. The Morgan fingerprint density at radius 1 is 1.08 bits per heavy atom. The zero-order valence-corrected chi connectivity index (χ0v) is 14.7. The minimum Gasteiger partial charge on any atom is -0.325 e. The highest BCUT2D eigenvalue weighted by molar-refractivity contribution is 8.00. The molecular formula is C20H21NO2S. The van der Waals surface area contributed by atoms with E-state index < -0.39 is 0 Å². The van der Waals surface area contributed by atoms with Crippen LogP contribution in [0.3, 0.4) is 0 Å². The maximum atomic E-state index is 12.2. The monoisotopic (exact) mass is 339 g/mol. The lowest BCUT2D eigenvalue weighted by atomic mass is 10.1. The number of nitrogens with one attached hydrogen (secondary N) is 1. The van der Waals surface area contributed by atoms with Crippen LogP contribution in [0, 0.1) is 0 Å². The summed E-state index contributed by atoms with van der Waals surface area (Å²) in [5.74, 6) is 0.748. The molecule has 1 unspecified atom stereocenters. The van der Waals surface area contributed by atoms with E-state index in [1.54, 1.807) is 36.0 Å². The van der Waals surface area contributed by atoms with Gasteiger partial charge in [-0.1, -0.05) is 42.5 Å². The first-order valence-electron chi connectivity index (χ1n) is 7.81. The fourth-order valence-corrected chi connectivity index (χ4v) is 2.76. The van der Waals surface area contributed by atoms with E-state index in [1.165, 1.54) is 6.92 Å². The summed E-state index contributed by atoms with van der Waals surface area (Å²) in [7, 11) is 0. The van der Waals surface area contributed by atoms with Crippen molar-refractivity contribution < 1.29 is 9.59 Å². The lowest BCUT2D eigenvalue weighted by molar-refractivity contribution is -0.115. The molecule has 2 aromatic carbocycles. The number of thioether (sulfide) groups is 1. The van der Waals surface area contributed by atoms with Crippen molar-refractivity contribution in [2.45, 2.75) is 19.1 Å². The van der Waals surface area contributed by atoms with Crippen molar-refractivity contribution in [3.05, 3.63) is 71.8 Å². The van der Waals surface area contributed by atoms with E-state index in [1.807, 2.05) is 37.3 Å². The highest BCUT2D eigenvalue weighted by Crippen LogP contribution is 2.16. The number of hydrogen-bond donors (Lipinski definition) is 1. The van der Waals surface area contributed by atoms with Crippen molar-refractivity contribution in [2.24, 2.45) is 0 Å². The molecule has 1 N–H and O–H groups in total. The summed E-state index contributed by atoms with van der Waals surface area (Å²) in [5.41, 5.74) is 2.50. The molecule has 1 atom stereocenters. The van der Waals surface area contributed by atoms with E-state index in [0.29, 0.717) is 11.3 Å². The second-order valence-electron chi connectivity index (χ2n) is 5.41. The maximum absolute atomic E-state index is 12.2. The van der Waals surface area contributed by atoms with Crippen LogP contribution in [-0.2, 0) is 4.79 Å². The average molecular weight is 339 g/mol. The number of anilines is 1. The summed E-state index contributed by atoms with van der Waals surface area (Å²) in [6.07, 6.45) is 4.11. The lowest BCUT2D eigenvalue weighted by Gasteiger charge is -2.11. The van der Waals surface area contributed by atoms with E-state index in [2.05, 4.69) is 17.5 Å². The highest BCUT2D eigenvalue weighted by atomic mass is 32.2. The topological polar surface area (TPSA) is 46.2 Å². The highest BCUT2D eigenvalue weighted by Gasteiger charge is 2.12. The molecule has 24 heavy (non-hydrogen) atoms. The van der Waals surface area contributed by atoms with Crippen LogP contribution in [0.25, 0.3) is 6.08 Å². The van der Waals surface area contributed by atoms with Crippen molar-refractivity contribution in [2.75, 3.05) is 11.1 Å². The molecule has 0 heterocycles. The number of carbonyl (C=O) groups is 2. The van der Waals surface area contributed by atoms with Gasteiger partial charge in [0.2, 0.25) is 5.91 Å². The third-order valence-corrected chi connectivity index (χ3v) is 4.58. The largest absolute Gasteiger partial charge is 0.325 e. The van der Waals surface area contributed by atoms with E-state index in [4.69, 9.17) is 0 Å². The van der Waals surface area contributed by atoms with Gasteiger partial charge in [-0.05, 0) is 43.7 Å². The van der Waals surface area contributed by atoms with Crippen LogP contribution in [0.5, 0.6) is 0 Å². The van der Waals surface area contributed by atoms with Crippen molar-refractivity contribution in [3.63, 3.8) is 0 Å². The van der Waals surface area contributed by atoms with Gasteiger partial charge >= 0.3 is 0 Å². The maximum Gasteiger partial charge on any atom is 0.237 e. The summed E-state index contributed by atoms with van der Waals surface area (Å²) in [6.45, 7) is 3.41. The molecule has 0 aromatic heterocycles. The third-order valence-electron chi connectivity index (χ3n) is 3.48. The smallest absolute Gasteiger partial charge is 0.237 e. The normalized spacial score (nSPS) is 12.1. The van der Waals surface area contributed by atoms with E-state index in [9.17, 15) is 9.59 Å². The first-order chi connectivity index (χ1) is 11.6. The Bertz CT molecular complexity index is 708. The van der Waals surface area contributed by atoms with Crippen LogP contribution in [-0.4, -0.2) is 22.7 Å². The Morgan fingerprint density at radius 3 is 2.38 bits per heavy atom. The Hall–Kier alpha value is -2.33. The van der Waals surface area contributed by atoms with Crippen molar-refractivity contribution in [1.29, 1.82) is 0 Å². The molecule has 4 heteroatoms. The number of carbonyl (C=O) groups excluding carboxylic acids is 2. The predicted molar refractivity (Wildman–Crippen MR) is 102 cm³/mol. The van der Waals surface area contributed by atoms with Gasteiger partial charge in [0.1, 0.15) is 0 Å². The molecule has 0 aliphatic carbocycles. The quantitative estimate of drug-likeness (QED) is 0.746. The third kappa shape index (κ3) is 5.70. The first-order valence-corrected chi connectivity index (χ1v) is 8.86. The summed E-state index contributed by atoms with van der Waals surface area (Å²) < 4.78 is 0. The Labute approximate surface area is 147 Å². The molecule has 0 bridgehead atoms. The molecule has 2 aromatic rings. The van der Waals surface area contributed by atoms with Gasteiger partial charge in [0, 0.05) is 17.0 Å². The van der Waals surface area contributed by atoms with Gasteiger partial charge in [-0.15, -0.1) is 11.8 Å². The summed E-state index contributed by atoms with van der Waals surface area (Å²) in [5, 5.41) is 2.72. The average Bonchev–Trinajstić information content (AvgIpc) is 2.60. The van der Waals surface area contributed by atoms with Crippen LogP contribution >= 0.6 is 11.8 Å². The first kappa shape index (κ1) is 18.0. The van der Waals surface area contributed by atoms with Crippen molar-refractivity contribution in [1.82, 2.24) is 0 Å². The Balaban J connectivity index is 1.79. The van der Waals surface area contributed by atoms with Crippen LogP contribution in [0.1, 0.15) is 29.8 Å². The summed E-state index contributed by atoms with van der Waals surface area (Å²) >= 11 is 1.58. The second kappa shape index (κ2) is 9.08. The molecule has 0 spiro atoms. The van der Waals surface area contributed by atoms with E-state index in [0.717, 1.165) is 11.3 Å². The molecule has 0 aliphatic heterocycles. The fraction of sp³-hybridized carbons (Fsp3) is 0.200. The number of rotatable bonds is 7. The fourth-order valence-electron chi connectivity index (χ4n) is 2.06. The van der Waals surface area contributed by atoms with Gasteiger partial charge in [-0.25, -0.2) is 0 Å². The zero-order valence-electron chi connectivity index (χ0n) is 13.9. The van der Waals surface area contributed by atoms with Gasteiger partial charge in [0.05, 0.1) is 5.25 Å². The van der Waals surface area contributed by atoms with Gasteiger partial charge < -0.3 is 5.32 Å². The van der Waals surface area contributed by atoms with Crippen LogP contribution in [0.4, 0.5) is 5.69 Å². The molecule has 0 aliphatic rings. The van der Waals surface area contributed by atoms with Gasteiger partial charge in [-0.3, -0.25) is 9.59 Å². The van der Waals surface area contributed by atoms with E-state index in [-0.39, 0.29) is 16.9 Å². The number of ketones is 1. The molecule has 2 rings (SSSR count). The standard InChI is InChI=1S/C20H21NO2S/c1-15(22)18-10-12-19(13-11-18)21-20(23)16(2)24-14-6-9-17-7-4-3-5-8-17/h3-13,16H,14H2,1-2H3,(H,21,23). The predicted octanol–water partition coefficient (Wildman–Crippen LogP) is 4.66. The lowest BCUT2D eigenvalue weighted by Crippen LogP contribution is -2.22. The molecule has 0 fully saturated rings. The van der Waals surface area contributed by atoms with Gasteiger partial charge in [0.25, 0.3) is 0 Å². The van der Waals surface area contributed by atoms with Crippen molar-refractivity contribution in [3.8, 4) is 0 Å². The van der Waals surface area contributed by atoms with Crippen molar-refractivity contribution >= 4 is 35.2 Å². The number of hydrogen-bond acceptors (Lipinski definition) is 3. The molecule has 0 radical (unpaired) electrons. The Morgan fingerprint density at radius 2 is 1.75 bits per heavy atom. The molecule has 0 saturated heterocycles. The second-order valence-corrected chi connectivity index (χ2v) is 6.79. The van der Waals surface area contributed by atoms with Gasteiger partial charge in [-0.2, -0.15) is 0 Å². The number of amides is 1. The summed E-state index contributed by atoms with van der Waals surface area (Å²) in [4.78, 5) is 23.4. The van der Waals surface area contributed by atoms with E-state index >= 15 is 0 Å². The Kier molecular flexibility index (Phi) is 6.82. The molecule has 0 saturated carbocycles. The molecule has 3 nitrogen and oxygen atoms in total.